The lowest BCUT2D eigenvalue weighted by molar-refractivity contribution is 0.0944. The largest absolute Gasteiger partial charge is 0.450 e. The molecule has 9 heteroatoms. The fraction of sp³-hybridized carbons (Fsp3) is 0.556. The van der Waals surface area contributed by atoms with Crippen molar-refractivity contribution in [2.75, 3.05) is 27.2 Å². The van der Waals surface area contributed by atoms with E-state index < -0.39 is 16.1 Å². The van der Waals surface area contributed by atoms with Crippen LogP contribution in [0.3, 0.4) is 0 Å². The van der Waals surface area contributed by atoms with Crippen molar-refractivity contribution in [1.29, 1.82) is 0 Å². The van der Waals surface area contributed by atoms with Crippen molar-refractivity contribution in [3.05, 3.63) is 29.8 Å². The molecule has 2 amide bonds. The van der Waals surface area contributed by atoms with Gasteiger partial charge in [-0.3, -0.25) is 4.79 Å². The first-order chi connectivity index (χ1) is 12.6. The predicted octanol–water partition coefficient (Wildman–Crippen LogP) is 1.83. The minimum Gasteiger partial charge on any atom is -0.450 e. The second kappa shape index (κ2) is 10.3. The van der Waals surface area contributed by atoms with E-state index in [1.165, 1.54) is 38.4 Å². The normalized spacial score (nSPS) is 12.7. The third-order valence-corrected chi connectivity index (χ3v) is 5.59. The highest BCUT2D eigenvalue weighted by Crippen LogP contribution is 2.14. The number of benzene rings is 1. The summed E-state index contributed by atoms with van der Waals surface area (Å²) < 4.78 is 30.1. The van der Waals surface area contributed by atoms with E-state index in [1.54, 1.807) is 6.92 Å². The molecule has 0 spiro atoms. The lowest BCUT2D eigenvalue weighted by Crippen LogP contribution is -2.44. The summed E-state index contributed by atoms with van der Waals surface area (Å²) in [6.45, 7) is 6.28. The number of hydrogen-bond donors (Lipinski definition) is 2. The summed E-state index contributed by atoms with van der Waals surface area (Å²) in [5.41, 5.74) is 0.340. The van der Waals surface area contributed by atoms with E-state index >= 15 is 0 Å². The van der Waals surface area contributed by atoms with Crippen molar-refractivity contribution in [2.24, 2.45) is 5.92 Å². The van der Waals surface area contributed by atoms with Gasteiger partial charge in [0, 0.05) is 32.2 Å². The molecule has 0 saturated carbocycles. The molecule has 1 atom stereocenters. The maximum atomic E-state index is 12.3. The van der Waals surface area contributed by atoms with Crippen molar-refractivity contribution in [2.45, 2.75) is 38.1 Å². The van der Waals surface area contributed by atoms with E-state index in [0.29, 0.717) is 17.9 Å². The summed E-state index contributed by atoms with van der Waals surface area (Å²) >= 11 is 0. The van der Waals surface area contributed by atoms with Gasteiger partial charge in [0.25, 0.3) is 5.91 Å². The number of sulfonamides is 1. The Kier molecular flexibility index (Phi) is 8.71. The van der Waals surface area contributed by atoms with Crippen LogP contribution in [0.15, 0.2) is 29.2 Å². The predicted molar refractivity (Wildman–Crippen MR) is 103 cm³/mol. The maximum Gasteiger partial charge on any atom is 0.407 e. The third-order valence-electron chi connectivity index (χ3n) is 3.76. The first kappa shape index (κ1) is 22.9. The van der Waals surface area contributed by atoms with Crippen molar-refractivity contribution in [1.82, 2.24) is 14.9 Å². The summed E-state index contributed by atoms with van der Waals surface area (Å²) in [5.74, 6) is -0.0208. The number of nitrogens with one attached hydrogen (secondary N) is 2. The fourth-order valence-electron chi connectivity index (χ4n) is 2.41. The molecule has 27 heavy (non-hydrogen) atoms. The first-order valence-electron chi connectivity index (χ1n) is 8.82. The van der Waals surface area contributed by atoms with Crippen molar-refractivity contribution < 1.29 is 22.7 Å². The van der Waals surface area contributed by atoms with Crippen LogP contribution in [0.25, 0.3) is 0 Å². The number of nitrogens with zero attached hydrogens (tertiary/aromatic N) is 1. The van der Waals surface area contributed by atoms with Gasteiger partial charge in [-0.15, -0.1) is 0 Å². The second-order valence-corrected chi connectivity index (χ2v) is 8.86. The summed E-state index contributed by atoms with van der Waals surface area (Å²) in [6, 6.07) is 5.45. The Morgan fingerprint density at radius 2 is 1.74 bits per heavy atom. The molecule has 0 heterocycles. The summed E-state index contributed by atoms with van der Waals surface area (Å²) in [4.78, 5) is 24.1. The number of ether oxygens (including phenoxy) is 1. The molecule has 0 aliphatic rings. The summed E-state index contributed by atoms with van der Waals surface area (Å²) in [7, 11) is -0.646. The van der Waals surface area contributed by atoms with E-state index in [-0.39, 0.29) is 30.0 Å². The number of hydrogen-bond acceptors (Lipinski definition) is 5. The number of rotatable bonds is 9. The molecule has 0 radical (unpaired) electrons. The van der Waals surface area contributed by atoms with Gasteiger partial charge in [0.15, 0.2) is 0 Å². The van der Waals surface area contributed by atoms with E-state index in [1.807, 2.05) is 13.8 Å². The highest BCUT2D eigenvalue weighted by atomic mass is 32.2. The fourth-order valence-corrected chi connectivity index (χ4v) is 3.31. The molecule has 0 aromatic heterocycles. The molecular weight excluding hydrogens is 370 g/mol. The quantitative estimate of drug-likeness (QED) is 0.659. The molecular formula is C18H29N3O5S. The van der Waals surface area contributed by atoms with Gasteiger partial charge in [-0.05, 0) is 43.5 Å². The number of carbonyl (C=O) groups excluding carboxylic acids is 2. The first-order valence-corrected chi connectivity index (χ1v) is 10.3. The smallest absolute Gasteiger partial charge is 0.407 e. The Hall–Kier alpha value is -2.13. The molecule has 1 rings (SSSR count). The molecule has 1 unspecified atom stereocenters. The Morgan fingerprint density at radius 1 is 1.15 bits per heavy atom. The van der Waals surface area contributed by atoms with Crippen LogP contribution in [0.4, 0.5) is 4.79 Å². The monoisotopic (exact) mass is 399 g/mol. The van der Waals surface area contributed by atoms with E-state index in [9.17, 15) is 18.0 Å². The Morgan fingerprint density at radius 3 is 2.22 bits per heavy atom. The van der Waals surface area contributed by atoms with Crippen molar-refractivity contribution >= 4 is 22.0 Å². The summed E-state index contributed by atoms with van der Waals surface area (Å²) in [5, 5.41) is 5.50. The van der Waals surface area contributed by atoms with Gasteiger partial charge in [-0.1, -0.05) is 13.8 Å². The van der Waals surface area contributed by atoms with Crippen LogP contribution in [-0.4, -0.2) is 58.0 Å². The number of amides is 2. The minimum absolute atomic E-state index is 0.116. The van der Waals surface area contributed by atoms with E-state index in [4.69, 9.17) is 4.74 Å². The average molecular weight is 400 g/mol. The highest BCUT2D eigenvalue weighted by molar-refractivity contribution is 7.89. The van der Waals surface area contributed by atoms with Gasteiger partial charge in [0.2, 0.25) is 10.0 Å². The van der Waals surface area contributed by atoms with Crippen LogP contribution in [0.2, 0.25) is 0 Å². The maximum absolute atomic E-state index is 12.3. The van der Waals surface area contributed by atoms with Gasteiger partial charge < -0.3 is 15.4 Å². The van der Waals surface area contributed by atoms with Crippen LogP contribution in [-0.2, 0) is 14.8 Å². The molecule has 0 fully saturated rings. The Bertz CT molecular complexity index is 730. The standard InChI is InChI=1S/C18H29N3O5S/c1-6-26-18(23)20-15(11-13(2)3)12-19-17(22)14-7-9-16(10-8-14)27(24,25)21(4)5/h7-10,13,15H,6,11-12H2,1-5H3,(H,19,22)(H,20,23). The Balaban J connectivity index is 2.74. The van der Waals surface area contributed by atoms with Crippen molar-refractivity contribution in [3.63, 3.8) is 0 Å². The lowest BCUT2D eigenvalue weighted by Gasteiger charge is -2.20. The molecule has 8 nitrogen and oxygen atoms in total. The number of alkyl carbamates (subject to hydrolysis) is 1. The molecule has 152 valence electrons. The molecule has 1 aromatic carbocycles. The van der Waals surface area contributed by atoms with Gasteiger partial charge in [-0.2, -0.15) is 0 Å². The van der Waals surface area contributed by atoms with E-state index in [2.05, 4.69) is 10.6 Å². The second-order valence-electron chi connectivity index (χ2n) is 6.71. The van der Waals surface area contributed by atoms with Crippen molar-refractivity contribution in [3.8, 4) is 0 Å². The van der Waals surface area contributed by atoms with Crippen LogP contribution < -0.4 is 10.6 Å². The highest BCUT2D eigenvalue weighted by Gasteiger charge is 2.19. The topological polar surface area (TPSA) is 105 Å². The molecule has 0 aliphatic carbocycles. The van der Waals surface area contributed by atoms with Gasteiger partial charge in [-0.25, -0.2) is 17.5 Å². The zero-order chi connectivity index (χ0) is 20.6. The zero-order valence-corrected chi connectivity index (χ0v) is 17.3. The van der Waals surface area contributed by atoms with Gasteiger partial charge in [0.05, 0.1) is 11.5 Å². The molecule has 0 bridgehead atoms. The van der Waals surface area contributed by atoms with Crippen LogP contribution in [0.5, 0.6) is 0 Å². The number of carbonyl (C=O) groups is 2. The van der Waals surface area contributed by atoms with Crippen LogP contribution in [0.1, 0.15) is 37.6 Å². The lowest BCUT2D eigenvalue weighted by atomic mass is 10.0. The van der Waals surface area contributed by atoms with Crippen LogP contribution >= 0.6 is 0 Å². The van der Waals surface area contributed by atoms with Gasteiger partial charge in [0.1, 0.15) is 0 Å². The molecule has 0 aliphatic heterocycles. The van der Waals surface area contributed by atoms with Crippen LogP contribution in [0, 0.1) is 5.92 Å². The third kappa shape index (κ3) is 7.18. The Labute approximate surface area is 161 Å². The average Bonchev–Trinajstić information content (AvgIpc) is 2.59. The SMILES string of the molecule is CCOC(=O)NC(CNC(=O)c1ccc(S(=O)(=O)N(C)C)cc1)CC(C)C. The minimum atomic E-state index is -3.54. The summed E-state index contributed by atoms with van der Waals surface area (Å²) in [6.07, 6.45) is 0.162. The molecule has 0 saturated heterocycles. The molecule has 1 aromatic rings. The molecule has 2 N–H and O–H groups in total. The zero-order valence-electron chi connectivity index (χ0n) is 16.5. The van der Waals surface area contributed by atoms with Gasteiger partial charge >= 0.3 is 6.09 Å². The van der Waals surface area contributed by atoms with E-state index in [0.717, 1.165) is 4.31 Å².